The van der Waals surface area contributed by atoms with Crippen LogP contribution in [0.4, 0.5) is 0 Å². The van der Waals surface area contributed by atoms with Crippen molar-refractivity contribution in [3.63, 3.8) is 0 Å². The molecule has 4 heteroatoms. The Morgan fingerprint density at radius 1 is 0.957 bits per heavy atom. The third-order valence-electron chi connectivity index (χ3n) is 4.52. The minimum atomic E-state index is 0.0108. The average molecular weight is 307 g/mol. The van der Waals surface area contributed by atoms with Crippen LogP contribution in [0.1, 0.15) is 26.3 Å². The van der Waals surface area contributed by atoms with Crippen LogP contribution in [-0.4, -0.2) is 49.3 Å². The summed E-state index contributed by atoms with van der Waals surface area (Å²) >= 11 is 0. The average Bonchev–Trinajstić information content (AvgIpc) is 2.89. The number of hydrogen-bond acceptors (Lipinski definition) is 4. The first kappa shape index (κ1) is 14.3. The lowest BCUT2D eigenvalue weighted by Crippen LogP contribution is -2.39. The van der Waals surface area contributed by atoms with Crippen molar-refractivity contribution in [2.24, 2.45) is 0 Å². The van der Waals surface area contributed by atoms with Crippen LogP contribution in [0.3, 0.4) is 0 Å². The number of rotatable bonds is 3. The zero-order chi connectivity index (χ0) is 15.8. The van der Waals surface area contributed by atoms with E-state index >= 15 is 0 Å². The van der Waals surface area contributed by atoms with Crippen LogP contribution in [0.5, 0.6) is 0 Å². The highest BCUT2D eigenvalue weighted by atomic mass is 16.5. The zero-order valence-electron chi connectivity index (χ0n) is 12.7. The molecule has 0 atom stereocenters. The molecular formula is C19H17NO3. The standard InChI is InChI=1S/C19H17NO3/c21-18(12-20-7-9-23-10-8-20)13-5-6-15-14-3-1-2-4-16(14)19(22)17(15)11-13/h1-6,11H,7-10,12H2. The highest BCUT2D eigenvalue weighted by Gasteiger charge is 2.27. The first-order chi connectivity index (χ1) is 11.2. The number of fused-ring (bicyclic) bond motifs is 3. The summed E-state index contributed by atoms with van der Waals surface area (Å²) in [5.74, 6) is 0.0649. The topological polar surface area (TPSA) is 46.6 Å². The summed E-state index contributed by atoms with van der Waals surface area (Å²) in [6.07, 6.45) is 0. The van der Waals surface area contributed by atoms with Crippen LogP contribution in [-0.2, 0) is 4.74 Å². The van der Waals surface area contributed by atoms with Crippen molar-refractivity contribution in [1.29, 1.82) is 0 Å². The summed E-state index contributed by atoms with van der Waals surface area (Å²) in [6.45, 7) is 3.28. The van der Waals surface area contributed by atoms with E-state index in [0.717, 1.165) is 29.8 Å². The molecule has 0 radical (unpaired) electrons. The van der Waals surface area contributed by atoms with Gasteiger partial charge in [-0.15, -0.1) is 0 Å². The molecule has 2 aromatic rings. The number of carbonyl (C=O) groups excluding carboxylic acids is 2. The van der Waals surface area contributed by atoms with Gasteiger partial charge in [0.25, 0.3) is 0 Å². The molecule has 4 nitrogen and oxygen atoms in total. The molecule has 1 saturated heterocycles. The van der Waals surface area contributed by atoms with Crippen molar-refractivity contribution < 1.29 is 14.3 Å². The number of nitrogens with zero attached hydrogens (tertiary/aromatic N) is 1. The quantitative estimate of drug-likeness (QED) is 0.697. The van der Waals surface area contributed by atoms with Gasteiger partial charge in [0.15, 0.2) is 11.6 Å². The number of ketones is 2. The Bertz CT molecular complexity index is 791. The van der Waals surface area contributed by atoms with Crippen LogP contribution in [0.25, 0.3) is 11.1 Å². The largest absolute Gasteiger partial charge is 0.379 e. The maximum Gasteiger partial charge on any atom is 0.194 e. The van der Waals surface area contributed by atoms with Crippen LogP contribution >= 0.6 is 0 Å². The molecule has 1 fully saturated rings. The predicted octanol–water partition coefficient (Wildman–Crippen LogP) is 2.41. The molecule has 0 unspecified atom stereocenters. The molecule has 0 bridgehead atoms. The maximum absolute atomic E-state index is 12.5. The van der Waals surface area contributed by atoms with E-state index < -0.39 is 0 Å². The highest BCUT2D eigenvalue weighted by Crippen LogP contribution is 2.36. The molecule has 1 aliphatic heterocycles. The van der Waals surface area contributed by atoms with Crippen molar-refractivity contribution in [2.45, 2.75) is 0 Å². The molecule has 1 heterocycles. The summed E-state index contributed by atoms with van der Waals surface area (Å²) in [7, 11) is 0. The van der Waals surface area contributed by atoms with Gasteiger partial charge in [-0.25, -0.2) is 0 Å². The van der Waals surface area contributed by atoms with Crippen molar-refractivity contribution in [1.82, 2.24) is 4.90 Å². The Labute approximate surface area is 134 Å². The molecule has 4 rings (SSSR count). The number of benzene rings is 2. The van der Waals surface area contributed by atoms with E-state index in [2.05, 4.69) is 4.90 Å². The third-order valence-corrected chi connectivity index (χ3v) is 4.52. The van der Waals surface area contributed by atoms with E-state index in [4.69, 9.17) is 4.74 Å². The fourth-order valence-corrected chi connectivity index (χ4v) is 3.26. The lowest BCUT2D eigenvalue weighted by molar-refractivity contribution is 0.0371. The highest BCUT2D eigenvalue weighted by molar-refractivity contribution is 6.22. The van der Waals surface area contributed by atoms with Gasteiger partial charge in [0.2, 0.25) is 0 Å². The first-order valence-corrected chi connectivity index (χ1v) is 7.85. The number of ether oxygens (including phenoxy) is 1. The molecule has 2 aromatic carbocycles. The zero-order valence-corrected chi connectivity index (χ0v) is 12.7. The van der Waals surface area contributed by atoms with Gasteiger partial charge in [-0.2, -0.15) is 0 Å². The van der Waals surface area contributed by atoms with E-state index in [1.165, 1.54) is 0 Å². The number of hydrogen-bond donors (Lipinski definition) is 0. The van der Waals surface area contributed by atoms with Crippen LogP contribution in [0.2, 0.25) is 0 Å². The van der Waals surface area contributed by atoms with Gasteiger partial charge in [-0.05, 0) is 17.2 Å². The van der Waals surface area contributed by atoms with Crippen LogP contribution < -0.4 is 0 Å². The molecule has 2 aliphatic rings. The summed E-state index contributed by atoms with van der Waals surface area (Å²) in [6, 6.07) is 13.1. The van der Waals surface area contributed by atoms with Gasteiger partial charge in [-0.1, -0.05) is 36.4 Å². The van der Waals surface area contributed by atoms with Crippen LogP contribution in [0.15, 0.2) is 42.5 Å². The van der Waals surface area contributed by atoms with Gasteiger partial charge in [0.05, 0.1) is 19.8 Å². The van der Waals surface area contributed by atoms with E-state index in [1.807, 2.05) is 36.4 Å². The third kappa shape index (κ3) is 2.50. The summed E-state index contributed by atoms with van der Waals surface area (Å²) in [5.41, 5.74) is 3.85. The molecule has 23 heavy (non-hydrogen) atoms. The molecule has 0 amide bonds. The minimum absolute atomic E-state index is 0.0108. The first-order valence-electron chi connectivity index (χ1n) is 7.85. The molecule has 0 spiro atoms. The molecule has 0 N–H and O–H groups in total. The number of carbonyl (C=O) groups is 2. The fourth-order valence-electron chi connectivity index (χ4n) is 3.26. The van der Waals surface area contributed by atoms with Gasteiger partial charge in [-0.3, -0.25) is 14.5 Å². The molecule has 0 aromatic heterocycles. The monoisotopic (exact) mass is 307 g/mol. The molecular weight excluding hydrogens is 290 g/mol. The Hall–Kier alpha value is -2.30. The van der Waals surface area contributed by atoms with Crippen molar-refractivity contribution in [3.05, 3.63) is 59.2 Å². The maximum atomic E-state index is 12.5. The van der Waals surface area contributed by atoms with Crippen molar-refractivity contribution >= 4 is 11.6 Å². The van der Waals surface area contributed by atoms with Gasteiger partial charge in [0.1, 0.15) is 0 Å². The van der Waals surface area contributed by atoms with Crippen molar-refractivity contribution in [3.8, 4) is 11.1 Å². The predicted molar refractivity (Wildman–Crippen MR) is 86.9 cm³/mol. The van der Waals surface area contributed by atoms with Crippen molar-refractivity contribution in [2.75, 3.05) is 32.8 Å². The molecule has 1 aliphatic carbocycles. The normalized spacial score (nSPS) is 17.0. The lowest BCUT2D eigenvalue weighted by Gasteiger charge is -2.25. The summed E-state index contributed by atoms with van der Waals surface area (Å²) in [5, 5.41) is 0. The molecule has 116 valence electrons. The van der Waals surface area contributed by atoms with Gasteiger partial charge in [0, 0.05) is 29.8 Å². The van der Waals surface area contributed by atoms with E-state index in [1.54, 1.807) is 6.07 Å². The SMILES string of the molecule is O=C(CN1CCOCC1)c1ccc2c(c1)C(=O)c1ccccc1-2. The van der Waals surface area contributed by atoms with Crippen LogP contribution in [0, 0.1) is 0 Å². The number of morpholine rings is 1. The summed E-state index contributed by atoms with van der Waals surface area (Å²) in [4.78, 5) is 27.1. The second-order valence-electron chi connectivity index (χ2n) is 5.95. The van der Waals surface area contributed by atoms with Gasteiger partial charge >= 0.3 is 0 Å². The number of Topliss-reactive ketones (excluding diaryl/α,β-unsaturated/α-hetero) is 1. The lowest BCUT2D eigenvalue weighted by atomic mass is 10.0. The Kier molecular flexibility index (Phi) is 3.56. The van der Waals surface area contributed by atoms with E-state index in [0.29, 0.717) is 30.9 Å². The van der Waals surface area contributed by atoms with E-state index in [9.17, 15) is 9.59 Å². The fraction of sp³-hybridized carbons (Fsp3) is 0.263. The second-order valence-corrected chi connectivity index (χ2v) is 5.95. The van der Waals surface area contributed by atoms with E-state index in [-0.39, 0.29) is 11.6 Å². The minimum Gasteiger partial charge on any atom is -0.379 e. The second kappa shape index (κ2) is 5.72. The molecule has 0 saturated carbocycles. The Balaban J connectivity index is 1.61. The Morgan fingerprint density at radius 2 is 1.65 bits per heavy atom. The Morgan fingerprint density at radius 3 is 2.43 bits per heavy atom. The smallest absolute Gasteiger partial charge is 0.194 e. The van der Waals surface area contributed by atoms with Gasteiger partial charge < -0.3 is 4.74 Å². The summed E-state index contributed by atoms with van der Waals surface area (Å²) < 4.78 is 5.30.